The predicted octanol–water partition coefficient (Wildman–Crippen LogP) is 4.63. The van der Waals surface area contributed by atoms with Crippen LogP contribution in [0.15, 0.2) is 82.6 Å². The van der Waals surface area contributed by atoms with Crippen molar-refractivity contribution in [2.75, 3.05) is 23.7 Å². The van der Waals surface area contributed by atoms with Crippen molar-refractivity contribution >= 4 is 33.4 Å². The summed E-state index contributed by atoms with van der Waals surface area (Å²) in [5.74, 6) is 0.239. The first-order valence-corrected chi connectivity index (χ1v) is 13.2. The molecular formula is C25H28N2O4S2. The molecule has 33 heavy (non-hydrogen) atoms. The SMILES string of the molecule is CCOc1ccc(N(CC(=O)NCc2ccccc2C)S(=O)(=O)c2ccc(SC)cc2)cc1. The molecule has 0 aliphatic carbocycles. The summed E-state index contributed by atoms with van der Waals surface area (Å²) in [5, 5.41) is 2.84. The van der Waals surface area contributed by atoms with E-state index in [1.165, 1.54) is 11.8 Å². The minimum Gasteiger partial charge on any atom is -0.494 e. The Kier molecular flexibility index (Phi) is 8.41. The van der Waals surface area contributed by atoms with Gasteiger partial charge in [-0.2, -0.15) is 0 Å². The van der Waals surface area contributed by atoms with E-state index in [9.17, 15) is 13.2 Å². The summed E-state index contributed by atoms with van der Waals surface area (Å²) in [6.07, 6.45) is 1.93. The van der Waals surface area contributed by atoms with Gasteiger partial charge in [0.1, 0.15) is 12.3 Å². The number of thioether (sulfide) groups is 1. The predicted molar refractivity (Wildman–Crippen MR) is 133 cm³/mol. The van der Waals surface area contributed by atoms with Gasteiger partial charge in [0.05, 0.1) is 17.2 Å². The van der Waals surface area contributed by atoms with E-state index in [0.29, 0.717) is 24.6 Å². The topological polar surface area (TPSA) is 75.7 Å². The summed E-state index contributed by atoms with van der Waals surface area (Å²) in [5.41, 5.74) is 2.43. The normalized spacial score (nSPS) is 11.1. The van der Waals surface area contributed by atoms with Crippen molar-refractivity contribution < 1.29 is 17.9 Å². The van der Waals surface area contributed by atoms with Crippen LogP contribution in [0.4, 0.5) is 5.69 Å². The quantitative estimate of drug-likeness (QED) is 0.425. The lowest BCUT2D eigenvalue weighted by molar-refractivity contribution is -0.119. The Hall–Kier alpha value is -2.97. The van der Waals surface area contributed by atoms with E-state index in [4.69, 9.17) is 4.74 Å². The molecule has 0 atom stereocenters. The molecule has 3 rings (SSSR count). The monoisotopic (exact) mass is 484 g/mol. The lowest BCUT2D eigenvalue weighted by Crippen LogP contribution is -2.40. The Morgan fingerprint density at radius 3 is 2.27 bits per heavy atom. The number of nitrogens with zero attached hydrogens (tertiary/aromatic N) is 1. The number of carbonyl (C=O) groups is 1. The molecule has 0 fully saturated rings. The molecule has 0 aliphatic heterocycles. The highest BCUT2D eigenvalue weighted by Crippen LogP contribution is 2.27. The molecule has 0 saturated carbocycles. The zero-order valence-corrected chi connectivity index (χ0v) is 20.6. The Bertz CT molecular complexity index is 1180. The van der Waals surface area contributed by atoms with Crippen LogP contribution in [0.3, 0.4) is 0 Å². The molecular weight excluding hydrogens is 456 g/mol. The largest absolute Gasteiger partial charge is 0.494 e. The number of hydrogen-bond donors (Lipinski definition) is 1. The fraction of sp³-hybridized carbons (Fsp3) is 0.240. The molecule has 0 heterocycles. The minimum atomic E-state index is -3.97. The van der Waals surface area contributed by atoms with E-state index in [2.05, 4.69) is 5.32 Å². The molecule has 0 unspecified atom stereocenters. The van der Waals surface area contributed by atoms with Gasteiger partial charge in [0.2, 0.25) is 5.91 Å². The lowest BCUT2D eigenvalue weighted by Gasteiger charge is -2.24. The highest BCUT2D eigenvalue weighted by Gasteiger charge is 2.27. The van der Waals surface area contributed by atoms with Gasteiger partial charge in [-0.1, -0.05) is 24.3 Å². The first-order chi connectivity index (χ1) is 15.8. The van der Waals surface area contributed by atoms with E-state index in [1.807, 2.05) is 44.4 Å². The van der Waals surface area contributed by atoms with Crippen molar-refractivity contribution in [3.05, 3.63) is 83.9 Å². The first-order valence-electron chi connectivity index (χ1n) is 10.6. The first kappa shape index (κ1) is 24.7. The maximum atomic E-state index is 13.5. The number of aryl methyl sites for hydroxylation is 1. The highest BCUT2D eigenvalue weighted by molar-refractivity contribution is 7.98. The summed E-state index contributed by atoms with van der Waals surface area (Å²) < 4.78 is 33.6. The summed E-state index contributed by atoms with van der Waals surface area (Å²) in [4.78, 5) is 13.9. The van der Waals surface area contributed by atoms with Crippen LogP contribution in [0, 0.1) is 6.92 Å². The van der Waals surface area contributed by atoms with Crippen LogP contribution < -0.4 is 14.4 Å². The fourth-order valence-corrected chi connectivity index (χ4v) is 5.08. The van der Waals surface area contributed by atoms with Crippen molar-refractivity contribution in [1.82, 2.24) is 5.32 Å². The zero-order chi connectivity index (χ0) is 23.8. The molecule has 0 spiro atoms. The van der Waals surface area contributed by atoms with Crippen LogP contribution >= 0.6 is 11.8 Å². The van der Waals surface area contributed by atoms with Gasteiger partial charge in [-0.05, 0) is 79.8 Å². The van der Waals surface area contributed by atoms with Gasteiger partial charge < -0.3 is 10.1 Å². The third-order valence-corrected chi connectivity index (χ3v) is 7.64. The molecule has 0 bridgehead atoms. The molecule has 0 saturated heterocycles. The number of amides is 1. The summed E-state index contributed by atoms with van der Waals surface area (Å²) in [6, 6.07) is 21.1. The number of carbonyl (C=O) groups excluding carboxylic acids is 1. The molecule has 0 aromatic heterocycles. The molecule has 8 heteroatoms. The van der Waals surface area contributed by atoms with Gasteiger partial charge in [0.25, 0.3) is 10.0 Å². The molecule has 1 amide bonds. The summed E-state index contributed by atoms with van der Waals surface area (Å²) >= 11 is 1.53. The molecule has 3 aromatic rings. The second kappa shape index (κ2) is 11.2. The molecule has 0 radical (unpaired) electrons. The van der Waals surface area contributed by atoms with E-state index < -0.39 is 15.9 Å². The van der Waals surface area contributed by atoms with E-state index in [1.54, 1.807) is 48.5 Å². The second-order valence-electron chi connectivity index (χ2n) is 7.32. The Morgan fingerprint density at radius 2 is 1.67 bits per heavy atom. The zero-order valence-electron chi connectivity index (χ0n) is 18.9. The van der Waals surface area contributed by atoms with Crippen LogP contribution in [0.1, 0.15) is 18.1 Å². The van der Waals surface area contributed by atoms with Gasteiger partial charge in [-0.15, -0.1) is 11.8 Å². The standard InChI is InChI=1S/C25H28N2O4S2/c1-4-31-22-11-9-21(10-12-22)27(33(29,30)24-15-13-23(32-3)14-16-24)18-25(28)26-17-20-8-6-5-7-19(20)2/h5-16H,4,17-18H2,1-3H3,(H,26,28). The second-order valence-corrected chi connectivity index (χ2v) is 10.1. The highest BCUT2D eigenvalue weighted by atomic mass is 32.2. The maximum Gasteiger partial charge on any atom is 0.264 e. The van der Waals surface area contributed by atoms with Crippen molar-refractivity contribution in [2.24, 2.45) is 0 Å². The molecule has 3 aromatic carbocycles. The van der Waals surface area contributed by atoms with Crippen molar-refractivity contribution in [3.8, 4) is 5.75 Å². The third-order valence-electron chi connectivity index (χ3n) is 5.11. The number of anilines is 1. The summed E-state index contributed by atoms with van der Waals surface area (Å²) in [6.45, 7) is 4.33. The van der Waals surface area contributed by atoms with Gasteiger partial charge in [0, 0.05) is 11.4 Å². The molecule has 0 aliphatic rings. The minimum absolute atomic E-state index is 0.126. The van der Waals surface area contributed by atoms with Crippen LogP contribution in [-0.4, -0.2) is 33.7 Å². The van der Waals surface area contributed by atoms with Gasteiger partial charge in [0.15, 0.2) is 0 Å². The Labute approximate surface area is 200 Å². The Morgan fingerprint density at radius 1 is 1.00 bits per heavy atom. The average molecular weight is 485 g/mol. The number of benzene rings is 3. The van der Waals surface area contributed by atoms with Gasteiger partial charge >= 0.3 is 0 Å². The van der Waals surface area contributed by atoms with E-state index in [0.717, 1.165) is 20.3 Å². The van der Waals surface area contributed by atoms with Gasteiger partial charge in [-0.25, -0.2) is 8.42 Å². The molecule has 174 valence electrons. The summed E-state index contributed by atoms with van der Waals surface area (Å²) in [7, 11) is -3.97. The fourth-order valence-electron chi connectivity index (χ4n) is 3.25. The smallest absolute Gasteiger partial charge is 0.264 e. The van der Waals surface area contributed by atoms with Gasteiger partial charge in [-0.3, -0.25) is 9.10 Å². The van der Waals surface area contributed by atoms with Crippen molar-refractivity contribution in [1.29, 1.82) is 0 Å². The lowest BCUT2D eigenvalue weighted by atomic mass is 10.1. The van der Waals surface area contributed by atoms with E-state index >= 15 is 0 Å². The Balaban J connectivity index is 1.87. The number of hydrogen-bond acceptors (Lipinski definition) is 5. The van der Waals surface area contributed by atoms with Crippen LogP contribution in [0.5, 0.6) is 5.75 Å². The van der Waals surface area contributed by atoms with Crippen molar-refractivity contribution in [2.45, 2.75) is 30.2 Å². The number of rotatable bonds is 10. The van der Waals surface area contributed by atoms with E-state index in [-0.39, 0.29) is 11.4 Å². The molecule has 6 nitrogen and oxygen atoms in total. The van der Waals surface area contributed by atoms with Crippen LogP contribution in [0.2, 0.25) is 0 Å². The third kappa shape index (κ3) is 6.30. The van der Waals surface area contributed by atoms with Crippen LogP contribution in [0.25, 0.3) is 0 Å². The number of sulfonamides is 1. The van der Waals surface area contributed by atoms with Crippen LogP contribution in [-0.2, 0) is 21.4 Å². The van der Waals surface area contributed by atoms with Crippen molar-refractivity contribution in [3.63, 3.8) is 0 Å². The molecule has 1 N–H and O–H groups in total. The maximum absolute atomic E-state index is 13.5. The number of ether oxygens (including phenoxy) is 1. The average Bonchev–Trinajstić information content (AvgIpc) is 2.83. The number of nitrogens with one attached hydrogen (secondary N) is 1.